The highest BCUT2D eigenvalue weighted by Crippen LogP contribution is 2.43. The number of aldehydes is 1. The average molecular weight is 859 g/mol. The third kappa shape index (κ3) is 10.7. The molecule has 0 saturated carbocycles. The Bertz CT molecular complexity index is 2350. The van der Waals surface area contributed by atoms with Gasteiger partial charge < -0.3 is 37.9 Å². The van der Waals surface area contributed by atoms with Crippen molar-refractivity contribution < 1.29 is 104 Å². The maximum atomic E-state index is 14.6. The molecule has 0 aliphatic heterocycles. The normalized spacial score (nSPS) is 13.1. The van der Waals surface area contributed by atoms with E-state index in [1.807, 2.05) is 0 Å². The van der Waals surface area contributed by atoms with Gasteiger partial charge in [0.2, 0.25) is 23.1 Å². The molecule has 4 aromatic carbocycles. The van der Waals surface area contributed by atoms with Crippen LogP contribution >= 0.6 is 23.2 Å². The molecule has 4 rings (SSSR count). The number of carbonyl (C=O) groups is 3. The third-order valence-electron chi connectivity index (χ3n) is 6.28. The molecule has 4 aromatic rings. The summed E-state index contributed by atoms with van der Waals surface area (Å²) in [6, 6.07) is 4.54. The lowest BCUT2D eigenvalue weighted by Crippen LogP contribution is -2.18. The van der Waals surface area contributed by atoms with Crippen LogP contribution in [0.25, 0.3) is 0 Å². The fourth-order valence-corrected chi connectivity index (χ4v) is 4.48. The van der Waals surface area contributed by atoms with E-state index in [-0.39, 0.29) is 11.3 Å². The molecule has 0 unspecified atom stereocenters. The summed E-state index contributed by atoms with van der Waals surface area (Å²) in [5, 5.41) is -0.832. The van der Waals surface area contributed by atoms with Gasteiger partial charge in [0.25, 0.3) is 0 Å². The zero-order valence-corrected chi connectivity index (χ0v) is 28.7. The van der Waals surface area contributed by atoms with Gasteiger partial charge in [0.05, 0.1) is 47.1 Å². The number of esters is 2. The molecule has 0 amide bonds. The summed E-state index contributed by atoms with van der Waals surface area (Å²) in [5.74, 6) is -17.8. The fraction of sp³-hybridized carbons (Fsp3) is 0.182. The van der Waals surface area contributed by atoms with Crippen molar-refractivity contribution in [2.75, 3.05) is 28.3 Å². The van der Waals surface area contributed by atoms with Crippen LogP contribution in [0.2, 0.25) is 10.0 Å². The Morgan fingerprint density at radius 3 is 1.48 bits per heavy atom. The van der Waals surface area contributed by atoms with Crippen molar-refractivity contribution in [3.05, 3.63) is 92.5 Å². The van der Waals surface area contributed by atoms with Crippen LogP contribution in [0.5, 0.6) is 46.0 Å². The number of carbonyl (C=O) groups excluding carboxylic acids is 3. The fourth-order valence-electron chi connectivity index (χ4n) is 4.06. The molecule has 0 aliphatic carbocycles. The maximum absolute atomic E-state index is 14.6. The van der Waals surface area contributed by atoms with Crippen LogP contribution in [0.15, 0.2) is 42.5 Å². The van der Waals surface area contributed by atoms with E-state index in [1.54, 1.807) is 0 Å². The zero-order valence-electron chi connectivity index (χ0n) is 33.1. The minimum atomic E-state index is -5.33. The lowest BCUT2D eigenvalue weighted by Gasteiger charge is -2.17. The van der Waals surface area contributed by atoms with Gasteiger partial charge in [0, 0.05) is 17.2 Å². The van der Waals surface area contributed by atoms with E-state index in [1.165, 1.54) is 0 Å². The Kier molecular flexibility index (Phi) is 11.7. The van der Waals surface area contributed by atoms with Crippen LogP contribution in [0, 0.1) is 23.3 Å². The van der Waals surface area contributed by atoms with Crippen LogP contribution in [-0.2, 0) is 9.47 Å². The molecule has 0 atom stereocenters. The third-order valence-corrected chi connectivity index (χ3v) is 6.81. The van der Waals surface area contributed by atoms with E-state index in [0.717, 1.165) is 32.4 Å². The van der Waals surface area contributed by atoms with Crippen LogP contribution in [0.4, 0.5) is 43.9 Å². The molecule has 0 aromatic heterocycles. The van der Waals surface area contributed by atoms with Crippen molar-refractivity contribution in [3.8, 4) is 46.0 Å². The minimum absolute atomic E-state index is 0.0139. The predicted octanol–water partition coefficient (Wildman–Crippen LogP) is 10.0. The summed E-state index contributed by atoms with van der Waals surface area (Å²) in [5.41, 5.74) is -2.54. The second-order valence-corrected chi connectivity index (χ2v) is 10.6. The molecular formula is C33H20Cl2F10O11. The first-order chi connectivity index (χ1) is 28.4. The van der Waals surface area contributed by atoms with Gasteiger partial charge in [-0.15, -0.1) is 26.3 Å². The molecule has 0 heterocycles. The van der Waals surface area contributed by atoms with Gasteiger partial charge in [-0.3, -0.25) is 4.79 Å². The van der Waals surface area contributed by atoms with Crippen molar-refractivity contribution in [2.24, 2.45) is 0 Å². The van der Waals surface area contributed by atoms with Gasteiger partial charge in [-0.2, -0.15) is 8.78 Å². The predicted molar refractivity (Wildman–Crippen MR) is 170 cm³/mol. The number of hydrogen-bond acceptors (Lipinski definition) is 11. The zero-order chi connectivity index (χ0) is 47.3. The lowest BCUT2D eigenvalue weighted by atomic mass is 10.1. The van der Waals surface area contributed by atoms with Crippen LogP contribution in [0.1, 0.15) is 39.3 Å². The second kappa shape index (κ2) is 18.2. The number of rotatable bonds is 11. The Morgan fingerprint density at radius 1 is 0.643 bits per heavy atom. The van der Waals surface area contributed by atoms with Crippen LogP contribution in [-0.4, -0.2) is 59.2 Å². The Morgan fingerprint density at radius 2 is 1.07 bits per heavy atom. The molecule has 0 N–H and O–H groups in total. The monoisotopic (exact) mass is 858 g/mol. The summed E-state index contributed by atoms with van der Waals surface area (Å²) in [6.07, 6.45) is -10.6. The molecule has 0 fully saturated rings. The van der Waals surface area contributed by atoms with Crippen molar-refractivity contribution >= 4 is 41.4 Å². The molecule has 0 aliphatic rings. The molecule has 302 valence electrons. The minimum Gasteiger partial charge on any atom is -0.490 e. The van der Waals surface area contributed by atoms with Crippen LogP contribution in [0.3, 0.4) is 0 Å². The molecule has 23 heteroatoms. The highest BCUT2D eigenvalue weighted by molar-refractivity contribution is 6.33. The molecule has 0 bridgehead atoms. The largest absolute Gasteiger partial charge is 0.573 e. The Balaban J connectivity index is 0.000000331. The first-order valence-corrected chi connectivity index (χ1v) is 14.7. The Labute approximate surface area is 325 Å². The second-order valence-electron chi connectivity index (χ2n) is 9.73. The van der Waals surface area contributed by atoms with Gasteiger partial charge >= 0.3 is 24.7 Å². The van der Waals surface area contributed by atoms with Gasteiger partial charge in [0.1, 0.15) is 28.4 Å². The van der Waals surface area contributed by atoms with E-state index in [0.29, 0.717) is 24.3 Å². The maximum Gasteiger partial charge on any atom is 0.573 e. The quantitative estimate of drug-likeness (QED) is 0.0813. The number of hydrogen-bond donors (Lipinski definition) is 0. The summed E-state index contributed by atoms with van der Waals surface area (Å²) in [7, 11) is -4.91. The molecule has 0 radical (unpaired) electrons. The van der Waals surface area contributed by atoms with Gasteiger partial charge in [-0.05, 0) is 30.3 Å². The average Bonchev–Trinajstić information content (AvgIpc) is 3.11. The highest BCUT2D eigenvalue weighted by atomic mass is 35.5. The van der Waals surface area contributed by atoms with Crippen LogP contribution < -0.4 is 28.4 Å². The summed E-state index contributed by atoms with van der Waals surface area (Å²) >= 11 is 11.5. The molecule has 0 saturated heterocycles. The van der Waals surface area contributed by atoms with E-state index in [2.05, 4.69) is 28.4 Å². The van der Waals surface area contributed by atoms with E-state index in [9.17, 15) is 58.3 Å². The van der Waals surface area contributed by atoms with Gasteiger partial charge in [0.15, 0.2) is 35.1 Å². The standard InChI is InChI=1S/C17H10ClF5O6.C16H10ClF5O5/c1-26-15-10(4-3-9(14(15)20)29-17(21,22)23)28-11-5-8(18)7(6-24)13(19)12(11)16(25)27-2;1-24-14-10(4-3-9(13(14)19)27-16(20,21)22)26-11-6-7(17)5-8(18)12(11)15(23)25-2/h3-6H,1-2H3;3-6H,1-2H3/i2*1D3. The van der Waals surface area contributed by atoms with E-state index >= 15 is 0 Å². The number of halogens is 12. The summed E-state index contributed by atoms with van der Waals surface area (Å²) < 4.78 is 210. The van der Waals surface area contributed by atoms with Crippen molar-refractivity contribution in [2.45, 2.75) is 12.7 Å². The first-order valence-electron chi connectivity index (χ1n) is 16.9. The van der Waals surface area contributed by atoms with Crippen molar-refractivity contribution in [1.29, 1.82) is 0 Å². The van der Waals surface area contributed by atoms with Crippen molar-refractivity contribution in [1.82, 2.24) is 0 Å². The summed E-state index contributed by atoms with van der Waals surface area (Å²) in [4.78, 5) is 34.8. The molecule has 56 heavy (non-hydrogen) atoms. The van der Waals surface area contributed by atoms with Crippen molar-refractivity contribution in [3.63, 3.8) is 0 Å². The Hall–Kier alpha value is -5.83. The summed E-state index contributed by atoms with van der Waals surface area (Å²) in [6.45, 7) is 0. The van der Waals surface area contributed by atoms with E-state index in [4.69, 9.17) is 40.9 Å². The SMILES string of the molecule is [2H]C([2H])([2H])Oc1c(Oc2cc(Cl)c(C=O)c(F)c2C(=O)OC)ccc(OC(F)(F)F)c1F.[2H]C([2H])([2H])Oc1c(Oc2cc(Cl)cc(F)c2C(=O)OC)ccc(OC(F)(F)F)c1F. The topological polar surface area (TPSA) is 125 Å². The van der Waals surface area contributed by atoms with Gasteiger partial charge in [-0.1, -0.05) is 23.2 Å². The van der Waals surface area contributed by atoms with Gasteiger partial charge in [-0.25, -0.2) is 18.4 Å². The molecule has 11 nitrogen and oxygen atoms in total. The molecular weight excluding hydrogens is 833 g/mol. The number of benzene rings is 4. The number of alkyl halides is 6. The highest BCUT2D eigenvalue weighted by Gasteiger charge is 2.35. The number of methoxy groups -OCH3 is 4. The number of ether oxygens (including phenoxy) is 8. The molecule has 0 spiro atoms. The smallest absolute Gasteiger partial charge is 0.490 e. The van der Waals surface area contributed by atoms with E-state index < -0.39 is 130 Å². The lowest BCUT2D eigenvalue weighted by molar-refractivity contribution is -0.276. The first kappa shape index (κ1) is 35.8.